The van der Waals surface area contributed by atoms with Crippen molar-refractivity contribution in [1.29, 1.82) is 0 Å². The summed E-state index contributed by atoms with van der Waals surface area (Å²) in [5.41, 5.74) is 6.94. The van der Waals surface area contributed by atoms with E-state index in [0.29, 0.717) is 34.3 Å². The standard InChI is InChI=1S/C24H21N5O4/c1-32-18-8-4-16(5-9-18)23-27-21(28-29-23)14-26-24(31)17-6-12-20(13-7-17)33-19-10-2-15(3-11-19)22(25)30/h2-13H,14H2,1H3,(H2,25,30)(H,26,31)(H,27,28,29). The first-order valence-corrected chi connectivity index (χ1v) is 10.0. The Balaban J connectivity index is 1.32. The molecule has 1 aromatic heterocycles. The van der Waals surface area contributed by atoms with Gasteiger partial charge in [0.25, 0.3) is 5.91 Å². The van der Waals surface area contributed by atoms with Gasteiger partial charge in [-0.2, -0.15) is 5.10 Å². The van der Waals surface area contributed by atoms with Gasteiger partial charge in [-0.3, -0.25) is 14.7 Å². The summed E-state index contributed by atoms with van der Waals surface area (Å²) in [5, 5.41) is 9.83. The maximum absolute atomic E-state index is 12.5. The molecule has 2 amide bonds. The zero-order chi connectivity index (χ0) is 23.2. The highest BCUT2D eigenvalue weighted by Gasteiger charge is 2.10. The first-order chi connectivity index (χ1) is 16.0. The molecule has 0 aliphatic heterocycles. The molecule has 0 unspecified atom stereocenters. The second kappa shape index (κ2) is 9.65. The zero-order valence-electron chi connectivity index (χ0n) is 17.7. The minimum Gasteiger partial charge on any atom is -0.497 e. The number of carbonyl (C=O) groups is 2. The Morgan fingerprint density at radius 1 is 0.879 bits per heavy atom. The van der Waals surface area contributed by atoms with Crippen molar-refractivity contribution in [3.63, 3.8) is 0 Å². The number of carbonyl (C=O) groups excluding carboxylic acids is 2. The first-order valence-electron chi connectivity index (χ1n) is 10.0. The number of nitrogens with two attached hydrogens (primary N) is 1. The Labute approximate surface area is 189 Å². The maximum atomic E-state index is 12.5. The fourth-order valence-electron chi connectivity index (χ4n) is 3.01. The topological polar surface area (TPSA) is 132 Å². The minimum atomic E-state index is -0.501. The Morgan fingerprint density at radius 3 is 2.03 bits per heavy atom. The normalized spacial score (nSPS) is 10.5. The molecule has 4 aromatic rings. The van der Waals surface area contributed by atoms with E-state index in [1.165, 1.54) is 0 Å². The van der Waals surface area contributed by atoms with E-state index in [4.69, 9.17) is 15.2 Å². The van der Waals surface area contributed by atoms with Gasteiger partial charge in [-0.15, -0.1) is 0 Å². The fourth-order valence-corrected chi connectivity index (χ4v) is 3.01. The average Bonchev–Trinajstić information content (AvgIpc) is 3.32. The smallest absolute Gasteiger partial charge is 0.251 e. The number of ether oxygens (including phenoxy) is 2. The van der Waals surface area contributed by atoms with E-state index in [2.05, 4.69) is 20.5 Å². The highest BCUT2D eigenvalue weighted by molar-refractivity contribution is 5.94. The van der Waals surface area contributed by atoms with E-state index in [-0.39, 0.29) is 12.5 Å². The molecule has 4 N–H and O–H groups in total. The largest absolute Gasteiger partial charge is 0.497 e. The van der Waals surface area contributed by atoms with Gasteiger partial charge in [-0.1, -0.05) is 0 Å². The monoisotopic (exact) mass is 443 g/mol. The molecule has 0 fully saturated rings. The number of hydrogen-bond donors (Lipinski definition) is 3. The van der Waals surface area contributed by atoms with Gasteiger partial charge in [0.05, 0.1) is 13.7 Å². The molecule has 33 heavy (non-hydrogen) atoms. The summed E-state index contributed by atoms with van der Waals surface area (Å²) in [6.07, 6.45) is 0. The van der Waals surface area contributed by atoms with E-state index < -0.39 is 5.91 Å². The number of aromatic amines is 1. The second-order valence-electron chi connectivity index (χ2n) is 7.03. The number of rotatable bonds is 8. The lowest BCUT2D eigenvalue weighted by molar-refractivity contribution is 0.0948. The summed E-state index contributed by atoms with van der Waals surface area (Å²) in [6.45, 7) is 0.201. The van der Waals surface area contributed by atoms with Crippen molar-refractivity contribution in [3.8, 4) is 28.6 Å². The van der Waals surface area contributed by atoms with E-state index in [9.17, 15) is 9.59 Å². The second-order valence-corrected chi connectivity index (χ2v) is 7.03. The first kappa shape index (κ1) is 21.6. The predicted octanol–water partition coefficient (Wildman–Crippen LogP) is 3.30. The number of nitrogens with zero attached hydrogens (tertiary/aromatic N) is 2. The van der Waals surface area contributed by atoms with Crippen LogP contribution in [-0.2, 0) is 6.54 Å². The maximum Gasteiger partial charge on any atom is 0.251 e. The number of aromatic nitrogens is 3. The Morgan fingerprint density at radius 2 is 1.45 bits per heavy atom. The van der Waals surface area contributed by atoms with Crippen molar-refractivity contribution in [3.05, 3.63) is 89.7 Å². The van der Waals surface area contributed by atoms with Crippen LogP contribution in [0.2, 0.25) is 0 Å². The summed E-state index contributed by atoms with van der Waals surface area (Å²) >= 11 is 0. The zero-order valence-corrected chi connectivity index (χ0v) is 17.7. The Kier molecular flexibility index (Phi) is 6.31. The number of benzene rings is 3. The summed E-state index contributed by atoms with van der Waals surface area (Å²) in [7, 11) is 1.61. The SMILES string of the molecule is COc1ccc(-c2n[nH]c(CNC(=O)c3ccc(Oc4ccc(C(N)=O)cc4)cc3)n2)cc1. The molecule has 0 spiro atoms. The van der Waals surface area contributed by atoms with Crippen LogP contribution < -0.4 is 20.5 Å². The lowest BCUT2D eigenvalue weighted by Gasteiger charge is -2.07. The van der Waals surface area contributed by atoms with Gasteiger partial charge >= 0.3 is 0 Å². The third-order valence-electron chi connectivity index (χ3n) is 4.79. The summed E-state index contributed by atoms with van der Waals surface area (Å²) in [5.74, 6) is 2.17. The lowest BCUT2D eigenvalue weighted by atomic mass is 10.2. The molecule has 4 rings (SSSR count). The number of hydrogen-bond acceptors (Lipinski definition) is 6. The van der Waals surface area contributed by atoms with Crippen LogP contribution in [0.1, 0.15) is 26.5 Å². The molecular formula is C24H21N5O4. The van der Waals surface area contributed by atoms with Crippen molar-refractivity contribution in [2.45, 2.75) is 6.54 Å². The molecule has 0 aliphatic carbocycles. The van der Waals surface area contributed by atoms with Crippen molar-refractivity contribution in [1.82, 2.24) is 20.5 Å². The summed E-state index contributed by atoms with van der Waals surface area (Å²) in [6, 6.07) is 20.5. The molecule has 0 bridgehead atoms. The van der Waals surface area contributed by atoms with Crippen LogP contribution in [0.4, 0.5) is 0 Å². The van der Waals surface area contributed by atoms with Crippen LogP contribution in [0.25, 0.3) is 11.4 Å². The van der Waals surface area contributed by atoms with E-state index in [1.54, 1.807) is 55.6 Å². The number of methoxy groups -OCH3 is 1. The Bertz CT molecular complexity index is 1250. The molecule has 166 valence electrons. The van der Waals surface area contributed by atoms with Gasteiger partial charge in [0.2, 0.25) is 5.91 Å². The molecule has 0 radical (unpaired) electrons. The van der Waals surface area contributed by atoms with Gasteiger partial charge in [0.15, 0.2) is 5.82 Å². The summed E-state index contributed by atoms with van der Waals surface area (Å²) < 4.78 is 10.9. The van der Waals surface area contributed by atoms with Crippen LogP contribution in [0.15, 0.2) is 72.8 Å². The molecule has 9 heteroatoms. The van der Waals surface area contributed by atoms with E-state index in [1.807, 2.05) is 24.3 Å². The third-order valence-corrected chi connectivity index (χ3v) is 4.79. The molecule has 1 heterocycles. The van der Waals surface area contributed by atoms with Gasteiger partial charge in [-0.25, -0.2) is 4.98 Å². The van der Waals surface area contributed by atoms with Gasteiger partial charge in [-0.05, 0) is 72.8 Å². The third kappa shape index (κ3) is 5.34. The van der Waals surface area contributed by atoms with E-state index in [0.717, 1.165) is 11.3 Å². The molecule has 3 aromatic carbocycles. The van der Waals surface area contributed by atoms with Crippen molar-refractivity contribution in [2.75, 3.05) is 7.11 Å². The lowest BCUT2D eigenvalue weighted by Crippen LogP contribution is -2.23. The van der Waals surface area contributed by atoms with Gasteiger partial charge in [0.1, 0.15) is 23.1 Å². The van der Waals surface area contributed by atoms with E-state index >= 15 is 0 Å². The molecule has 0 aliphatic rings. The Hall–Kier alpha value is -4.66. The highest BCUT2D eigenvalue weighted by Crippen LogP contribution is 2.22. The summed E-state index contributed by atoms with van der Waals surface area (Å²) in [4.78, 5) is 28.0. The number of H-pyrrole nitrogens is 1. The van der Waals surface area contributed by atoms with Gasteiger partial charge < -0.3 is 20.5 Å². The predicted molar refractivity (Wildman–Crippen MR) is 121 cm³/mol. The molecule has 0 atom stereocenters. The van der Waals surface area contributed by atoms with Crippen LogP contribution in [0.5, 0.6) is 17.2 Å². The quantitative estimate of drug-likeness (QED) is 0.383. The van der Waals surface area contributed by atoms with Crippen molar-refractivity contribution >= 4 is 11.8 Å². The van der Waals surface area contributed by atoms with Crippen LogP contribution in [0.3, 0.4) is 0 Å². The molecule has 0 saturated heterocycles. The van der Waals surface area contributed by atoms with Crippen LogP contribution >= 0.6 is 0 Å². The van der Waals surface area contributed by atoms with Crippen molar-refractivity contribution in [2.24, 2.45) is 5.73 Å². The highest BCUT2D eigenvalue weighted by atomic mass is 16.5. The van der Waals surface area contributed by atoms with Gasteiger partial charge in [0, 0.05) is 16.7 Å². The fraction of sp³-hybridized carbons (Fsp3) is 0.0833. The van der Waals surface area contributed by atoms with Crippen LogP contribution in [-0.4, -0.2) is 34.1 Å². The number of primary amides is 1. The minimum absolute atomic E-state index is 0.201. The number of nitrogens with one attached hydrogen (secondary N) is 2. The number of amides is 2. The molecule has 0 saturated carbocycles. The molecular weight excluding hydrogens is 422 g/mol. The average molecular weight is 443 g/mol. The van der Waals surface area contributed by atoms with Crippen molar-refractivity contribution < 1.29 is 19.1 Å². The molecule has 9 nitrogen and oxygen atoms in total. The van der Waals surface area contributed by atoms with Crippen LogP contribution in [0, 0.1) is 0 Å².